The van der Waals surface area contributed by atoms with E-state index < -0.39 is 6.36 Å². The molecule has 100 valence electrons. The van der Waals surface area contributed by atoms with Crippen LogP contribution in [0.3, 0.4) is 0 Å². The van der Waals surface area contributed by atoms with Crippen LogP contribution >= 0.6 is 0 Å². The van der Waals surface area contributed by atoms with E-state index in [9.17, 15) is 13.2 Å². The van der Waals surface area contributed by atoms with Crippen molar-refractivity contribution >= 4 is 0 Å². The molecule has 2 nitrogen and oxygen atoms in total. The van der Waals surface area contributed by atoms with Crippen molar-refractivity contribution in [2.24, 2.45) is 0 Å². The molecular weight excluding hydrogens is 243 g/mol. The lowest BCUT2D eigenvalue weighted by Crippen LogP contribution is -2.48. The molecule has 1 aliphatic heterocycles. The summed E-state index contributed by atoms with van der Waals surface area (Å²) in [6.45, 7) is 5.73. The van der Waals surface area contributed by atoms with Crippen LogP contribution in [0, 0.1) is 0 Å². The van der Waals surface area contributed by atoms with E-state index in [1.165, 1.54) is 6.07 Å². The van der Waals surface area contributed by atoms with Gasteiger partial charge in [0.1, 0.15) is 5.75 Å². The summed E-state index contributed by atoms with van der Waals surface area (Å²) < 4.78 is 40.9. The van der Waals surface area contributed by atoms with Crippen LogP contribution in [0.25, 0.3) is 0 Å². The van der Waals surface area contributed by atoms with Crippen molar-refractivity contribution in [3.63, 3.8) is 0 Å². The quantitative estimate of drug-likeness (QED) is 0.825. The van der Waals surface area contributed by atoms with Crippen LogP contribution in [0.1, 0.15) is 25.3 Å². The van der Waals surface area contributed by atoms with Gasteiger partial charge in [-0.1, -0.05) is 18.2 Å². The maximum atomic E-state index is 12.3. The number of halogens is 3. The van der Waals surface area contributed by atoms with Crippen molar-refractivity contribution in [3.8, 4) is 5.75 Å². The molecule has 1 aromatic rings. The fraction of sp³-hybridized carbons (Fsp3) is 0.538. The van der Waals surface area contributed by atoms with Gasteiger partial charge in [0, 0.05) is 30.6 Å². The SMILES string of the molecule is CC(C)N1CC(c2ccccc2OC(F)(F)F)C1. The van der Waals surface area contributed by atoms with E-state index in [1.54, 1.807) is 18.2 Å². The zero-order chi connectivity index (χ0) is 13.3. The Kier molecular flexibility index (Phi) is 3.52. The van der Waals surface area contributed by atoms with Gasteiger partial charge in [0.05, 0.1) is 0 Å². The van der Waals surface area contributed by atoms with E-state index in [1.807, 2.05) is 0 Å². The molecule has 1 saturated heterocycles. The topological polar surface area (TPSA) is 12.5 Å². The van der Waals surface area contributed by atoms with Crippen LogP contribution in [0.2, 0.25) is 0 Å². The molecule has 18 heavy (non-hydrogen) atoms. The van der Waals surface area contributed by atoms with Gasteiger partial charge in [-0.25, -0.2) is 0 Å². The molecule has 2 rings (SSSR count). The van der Waals surface area contributed by atoms with Crippen molar-refractivity contribution in [2.75, 3.05) is 13.1 Å². The molecular formula is C13H16F3NO. The zero-order valence-electron chi connectivity index (χ0n) is 10.4. The van der Waals surface area contributed by atoms with Gasteiger partial charge in [-0.2, -0.15) is 0 Å². The van der Waals surface area contributed by atoms with E-state index in [4.69, 9.17) is 0 Å². The summed E-state index contributed by atoms with van der Waals surface area (Å²) in [5.74, 6) is 0.0596. The average Bonchev–Trinajstić information content (AvgIpc) is 2.15. The van der Waals surface area contributed by atoms with E-state index in [0.717, 1.165) is 13.1 Å². The highest BCUT2D eigenvalue weighted by Crippen LogP contribution is 2.36. The number of hydrogen-bond donors (Lipinski definition) is 0. The number of alkyl halides is 3. The number of likely N-dealkylation sites (tertiary alicyclic amines) is 1. The Morgan fingerprint density at radius 1 is 1.22 bits per heavy atom. The van der Waals surface area contributed by atoms with Crippen LogP contribution in [-0.2, 0) is 0 Å². The van der Waals surface area contributed by atoms with E-state index in [-0.39, 0.29) is 11.7 Å². The second-order valence-corrected chi connectivity index (χ2v) is 4.83. The van der Waals surface area contributed by atoms with Crippen molar-refractivity contribution in [1.82, 2.24) is 4.90 Å². The molecule has 0 atom stereocenters. The number of ether oxygens (including phenoxy) is 1. The average molecular weight is 259 g/mol. The number of nitrogens with zero attached hydrogens (tertiary/aromatic N) is 1. The minimum atomic E-state index is -4.63. The molecule has 0 amide bonds. The van der Waals surface area contributed by atoms with Gasteiger partial charge >= 0.3 is 6.36 Å². The van der Waals surface area contributed by atoms with Crippen LogP contribution < -0.4 is 4.74 Å². The molecule has 0 spiro atoms. The Labute approximate surface area is 104 Å². The second kappa shape index (κ2) is 4.80. The largest absolute Gasteiger partial charge is 0.573 e. The maximum Gasteiger partial charge on any atom is 0.573 e. The van der Waals surface area contributed by atoms with E-state index in [2.05, 4.69) is 23.5 Å². The molecule has 0 bridgehead atoms. The van der Waals surface area contributed by atoms with Gasteiger partial charge in [-0.3, -0.25) is 4.90 Å². The van der Waals surface area contributed by atoms with Gasteiger partial charge < -0.3 is 4.74 Å². The van der Waals surface area contributed by atoms with Gasteiger partial charge in [0.25, 0.3) is 0 Å². The number of para-hydroxylation sites is 1. The normalized spacial score (nSPS) is 17.9. The molecule has 1 aliphatic rings. The Hall–Kier alpha value is -1.23. The third kappa shape index (κ3) is 2.96. The van der Waals surface area contributed by atoms with E-state index >= 15 is 0 Å². The molecule has 0 N–H and O–H groups in total. The van der Waals surface area contributed by atoms with Crippen molar-refractivity contribution < 1.29 is 17.9 Å². The molecule has 0 aliphatic carbocycles. The minimum Gasteiger partial charge on any atom is -0.405 e. The first-order valence-corrected chi connectivity index (χ1v) is 5.95. The minimum absolute atomic E-state index is 0.0709. The molecule has 0 unspecified atom stereocenters. The van der Waals surface area contributed by atoms with Crippen molar-refractivity contribution in [3.05, 3.63) is 29.8 Å². The zero-order valence-corrected chi connectivity index (χ0v) is 10.4. The summed E-state index contributed by atoms with van der Waals surface area (Å²) in [5.41, 5.74) is 0.645. The Balaban J connectivity index is 2.10. The lowest BCUT2D eigenvalue weighted by atomic mass is 9.90. The van der Waals surface area contributed by atoms with Crippen LogP contribution in [0.4, 0.5) is 13.2 Å². The Morgan fingerprint density at radius 2 is 1.83 bits per heavy atom. The molecule has 1 fully saturated rings. The molecule has 1 aromatic carbocycles. The lowest BCUT2D eigenvalue weighted by Gasteiger charge is -2.42. The van der Waals surface area contributed by atoms with E-state index in [0.29, 0.717) is 11.6 Å². The first-order chi connectivity index (χ1) is 8.37. The summed E-state index contributed by atoms with van der Waals surface area (Å²) in [4.78, 5) is 2.22. The van der Waals surface area contributed by atoms with Gasteiger partial charge in [0.2, 0.25) is 0 Å². The highest BCUT2D eigenvalue weighted by Gasteiger charge is 2.36. The standard InChI is InChI=1S/C13H16F3NO/c1-9(2)17-7-10(8-17)11-5-3-4-6-12(11)18-13(14,15)16/h3-6,9-10H,7-8H2,1-2H3. The maximum absolute atomic E-state index is 12.3. The fourth-order valence-electron chi connectivity index (χ4n) is 2.17. The molecule has 1 heterocycles. The summed E-state index contributed by atoms with van der Waals surface area (Å²) in [7, 11) is 0. The highest BCUT2D eigenvalue weighted by atomic mass is 19.4. The number of benzene rings is 1. The molecule has 5 heteroatoms. The van der Waals surface area contributed by atoms with Gasteiger partial charge in [-0.05, 0) is 19.9 Å². The molecule has 0 aromatic heterocycles. The number of rotatable bonds is 3. The van der Waals surface area contributed by atoms with Crippen molar-refractivity contribution in [1.29, 1.82) is 0 Å². The van der Waals surface area contributed by atoms with Crippen LogP contribution in [0.5, 0.6) is 5.75 Å². The monoisotopic (exact) mass is 259 g/mol. The lowest BCUT2D eigenvalue weighted by molar-refractivity contribution is -0.275. The van der Waals surface area contributed by atoms with Crippen molar-refractivity contribution in [2.45, 2.75) is 32.2 Å². The third-order valence-electron chi connectivity index (χ3n) is 3.22. The Bertz CT molecular complexity index is 411. The Morgan fingerprint density at radius 3 is 2.39 bits per heavy atom. The number of hydrogen-bond acceptors (Lipinski definition) is 2. The fourth-order valence-corrected chi connectivity index (χ4v) is 2.17. The molecule has 0 saturated carbocycles. The highest BCUT2D eigenvalue weighted by molar-refractivity contribution is 5.38. The summed E-state index contributed by atoms with van der Waals surface area (Å²) in [6.07, 6.45) is -4.63. The van der Waals surface area contributed by atoms with Gasteiger partial charge in [0.15, 0.2) is 0 Å². The predicted molar refractivity (Wildman–Crippen MR) is 62.6 cm³/mol. The van der Waals surface area contributed by atoms with Crippen LogP contribution in [-0.4, -0.2) is 30.4 Å². The predicted octanol–water partition coefficient (Wildman–Crippen LogP) is 3.39. The summed E-state index contributed by atoms with van der Waals surface area (Å²) in [5, 5.41) is 0. The smallest absolute Gasteiger partial charge is 0.405 e. The first kappa shape index (κ1) is 13.2. The van der Waals surface area contributed by atoms with Gasteiger partial charge in [-0.15, -0.1) is 13.2 Å². The summed E-state index contributed by atoms with van der Waals surface area (Å²) in [6, 6.07) is 6.82. The summed E-state index contributed by atoms with van der Waals surface area (Å²) >= 11 is 0. The molecule has 0 radical (unpaired) electrons. The first-order valence-electron chi connectivity index (χ1n) is 5.95. The van der Waals surface area contributed by atoms with Crippen LogP contribution in [0.15, 0.2) is 24.3 Å². The third-order valence-corrected chi connectivity index (χ3v) is 3.22. The second-order valence-electron chi connectivity index (χ2n) is 4.83.